The fourth-order valence-electron chi connectivity index (χ4n) is 6.65. The lowest BCUT2D eigenvalue weighted by atomic mass is 9.96. The Bertz CT molecular complexity index is 1730. The number of pyridine rings is 1. The molecular formula is C34H38N6O7S. The van der Waals surface area contributed by atoms with Gasteiger partial charge in [-0.3, -0.25) is 14.6 Å². The van der Waals surface area contributed by atoms with E-state index in [9.17, 15) is 24.3 Å². The fraction of sp³-hybridized carbons (Fsp3) is 0.500. The van der Waals surface area contributed by atoms with Crippen LogP contribution in [0.4, 0.5) is 4.79 Å². The predicted octanol–water partition coefficient (Wildman–Crippen LogP) is 4.23. The van der Waals surface area contributed by atoms with Crippen LogP contribution in [0.2, 0.25) is 0 Å². The van der Waals surface area contributed by atoms with Gasteiger partial charge >= 0.3 is 12.1 Å². The summed E-state index contributed by atoms with van der Waals surface area (Å²) in [5.74, 6) is -1.77. The number of carbonyl (C=O) groups excluding carboxylic acids is 3. The lowest BCUT2D eigenvalue weighted by Gasteiger charge is -2.30. The molecular weight excluding hydrogens is 636 g/mol. The number of rotatable bonds is 6. The molecule has 3 amide bonds. The maximum Gasteiger partial charge on any atom is 0.408 e. The average molecular weight is 675 g/mol. The van der Waals surface area contributed by atoms with Crippen molar-refractivity contribution in [3.05, 3.63) is 48.0 Å². The summed E-state index contributed by atoms with van der Waals surface area (Å²) in [5.41, 5.74) is -0.185. The van der Waals surface area contributed by atoms with Gasteiger partial charge in [-0.05, 0) is 68.5 Å². The number of nitrogens with one attached hydrogen (secondary N) is 2. The van der Waals surface area contributed by atoms with E-state index < -0.39 is 47.6 Å². The second-order valence-electron chi connectivity index (χ2n) is 13.0. The van der Waals surface area contributed by atoms with Gasteiger partial charge in [0.1, 0.15) is 40.2 Å². The van der Waals surface area contributed by atoms with E-state index in [0.717, 1.165) is 38.5 Å². The number of hydrogen-bond acceptors (Lipinski definition) is 10. The van der Waals surface area contributed by atoms with Crippen LogP contribution >= 0.6 is 11.3 Å². The van der Waals surface area contributed by atoms with Crippen LogP contribution in [0, 0.1) is 5.92 Å². The lowest BCUT2D eigenvalue weighted by Crippen LogP contribution is -2.56. The first-order chi connectivity index (χ1) is 23.3. The first-order valence-electron chi connectivity index (χ1n) is 16.6. The molecule has 0 bridgehead atoms. The summed E-state index contributed by atoms with van der Waals surface area (Å²) >= 11 is 1.41. The Morgan fingerprint density at radius 1 is 1.06 bits per heavy atom. The third-order valence-corrected chi connectivity index (χ3v) is 10.6. The molecule has 3 N–H and O–H groups in total. The molecule has 13 nitrogen and oxygen atoms in total. The van der Waals surface area contributed by atoms with Crippen LogP contribution in [0.3, 0.4) is 0 Å². The molecule has 3 aromatic rings. The monoisotopic (exact) mass is 674 g/mol. The highest BCUT2D eigenvalue weighted by Crippen LogP contribution is 2.45. The molecule has 5 heterocycles. The van der Waals surface area contributed by atoms with Gasteiger partial charge in [0.15, 0.2) is 5.82 Å². The summed E-state index contributed by atoms with van der Waals surface area (Å²) in [6, 6.07) is 5.35. The van der Waals surface area contributed by atoms with Gasteiger partial charge in [0, 0.05) is 18.5 Å². The summed E-state index contributed by atoms with van der Waals surface area (Å²) in [4.78, 5) is 68.7. The number of carbonyl (C=O) groups is 4. The zero-order valence-electron chi connectivity index (χ0n) is 26.4. The maximum absolute atomic E-state index is 14.3. The molecule has 7 rings (SSSR count). The smallest absolute Gasteiger partial charge is 0.408 e. The molecule has 14 heteroatoms. The second-order valence-corrected chi connectivity index (χ2v) is 13.9. The van der Waals surface area contributed by atoms with Crippen molar-refractivity contribution >= 4 is 45.4 Å². The highest BCUT2D eigenvalue weighted by molar-refractivity contribution is 7.17. The Hall–Kier alpha value is -4.59. The first-order valence-corrected chi connectivity index (χ1v) is 17.5. The van der Waals surface area contributed by atoms with Gasteiger partial charge in [0.25, 0.3) is 0 Å². The SMILES string of the molecule is O=C(N[C@H]1CCCCC/C=C/[C@@H]2C[C@@]2(C(=O)O)NC(=O)[C@@H]2C[C@@H](Oc3nc(-c4ccccn4)nc4ccsc34)CN2C1=O)OC1CCC1. The van der Waals surface area contributed by atoms with E-state index in [4.69, 9.17) is 9.47 Å². The van der Waals surface area contributed by atoms with Crippen LogP contribution in [0.25, 0.3) is 21.7 Å². The number of thiophene rings is 1. The molecule has 3 aromatic heterocycles. The molecule has 0 unspecified atom stereocenters. The number of alkyl carbamates (subject to hydrolysis) is 1. The molecule has 2 aliphatic heterocycles. The van der Waals surface area contributed by atoms with E-state index in [1.165, 1.54) is 16.2 Å². The molecule has 252 valence electrons. The first kappa shape index (κ1) is 32.0. The molecule has 5 atom stereocenters. The average Bonchev–Trinajstić information content (AvgIpc) is 3.35. The zero-order chi connectivity index (χ0) is 33.3. The van der Waals surface area contributed by atoms with Crippen molar-refractivity contribution in [2.45, 2.75) is 94.0 Å². The number of amides is 3. The molecule has 2 aliphatic carbocycles. The number of aliphatic carboxylic acids is 1. The summed E-state index contributed by atoms with van der Waals surface area (Å²) < 4.78 is 12.7. The zero-order valence-corrected chi connectivity index (χ0v) is 27.2. The summed E-state index contributed by atoms with van der Waals surface area (Å²) in [6.07, 6.45) is 10.5. The molecule has 0 aromatic carbocycles. The quantitative estimate of drug-likeness (QED) is 0.321. The van der Waals surface area contributed by atoms with Crippen LogP contribution in [0.1, 0.15) is 64.2 Å². The van der Waals surface area contributed by atoms with Crippen LogP contribution < -0.4 is 15.4 Å². The maximum atomic E-state index is 14.3. The third kappa shape index (κ3) is 6.58. The predicted molar refractivity (Wildman–Crippen MR) is 175 cm³/mol. The van der Waals surface area contributed by atoms with Crippen molar-refractivity contribution in [1.29, 1.82) is 0 Å². The number of carboxylic acids is 1. The third-order valence-electron chi connectivity index (χ3n) is 9.68. The molecule has 0 radical (unpaired) electrons. The van der Waals surface area contributed by atoms with Crippen LogP contribution in [0.5, 0.6) is 5.88 Å². The number of allylic oxidation sites excluding steroid dienone is 1. The molecule has 0 spiro atoms. The normalized spacial score (nSPS) is 28.5. The minimum Gasteiger partial charge on any atom is -0.479 e. The van der Waals surface area contributed by atoms with E-state index in [1.807, 2.05) is 29.7 Å². The van der Waals surface area contributed by atoms with Crippen molar-refractivity contribution < 1.29 is 33.8 Å². The van der Waals surface area contributed by atoms with Crippen LogP contribution in [-0.4, -0.2) is 85.2 Å². The molecule has 3 fully saturated rings. The molecule has 1 saturated heterocycles. The van der Waals surface area contributed by atoms with Gasteiger partial charge < -0.3 is 30.1 Å². The Labute approximate surface area is 281 Å². The highest BCUT2D eigenvalue weighted by atomic mass is 32.1. The number of hydrogen-bond donors (Lipinski definition) is 3. The lowest BCUT2D eigenvalue weighted by molar-refractivity contribution is -0.145. The van der Waals surface area contributed by atoms with Gasteiger partial charge in [0.05, 0.1) is 12.1 Å². The largest absolute Gasteiger partial charge is 0.479 e. The van der Waals surface area contributed by atoms with Gasteiger partial charge in [-0.25, -0.2) is 14.6 Å². The highest BCUT2D eigenvalue weighted by Gasteiger charge is 2.61. The standard InChI is InChI=1S/C34H38N6O7S/c41-29-26-17-22(46-30-27-23(14-16-48-27)36-28(38-30)24-12-6-7-15-35-24)19-40(26)31(42)25(37-33(45)47-21-10-8-11-21)13-5-3-1-2-4-9-20-18-34(20,39-29)32(43)44/h4,6-7,9,12,14-16,20-22,25-26H,1-3,5,8,10-11,13,17-19H2,(H,37,45)(H,39,41)(H,43,44)/b9-4+/t20-,22-,25+,26+,34-/m1/s1. The summed E-state index contributed by atoms with van der Waals surface area (Å²) in [7, 11) is 0. The molecule has 4 aliphatic rings. The van der Waals surface area contributed by atoms with Gasteiger partial charge in [-0.1, -0.05) is 31.1 Å². The van der Waals surface area contributed by atoms with Crippen molar-refractivity contribution in [2.24, 2.45) is 5.92 Å². The minimum absolute atomic E-state index is 0.0337. The Morgan fingerprint density at radius 3 is 2.71 bits per heavy atom. The van der Waals surface area contributed by atoms with Crippen LogP contribution in [-0.2, 0) is 19.1 Å². The molecule has 48 heavy (non-hydrogen) atoms. The van der Waals surface area contributed by atoms with Gasteiger partial charge in [0.2, 0.25) is 17.7 Å². The Kier molecular flexibility index (Phi) is 8.99. The number of nitrogens with zero attached hydrogens (tertiary/aromatic N) is 4. The van der Waals surface area contributed by atoms with Crippen molar-refractivity contribution in [2.75, 3.05) is 6.54 Å². The Morgan fingerprint density at radius 2 is 1.94 bits per heavy atom. The van der Waals surface area contributed by atoms with Crippen LogP contribution in [0.15, 0.2) is 48.0 Å². The Balaban J connectivity index is 1.18. The summed E-state index contributed by atoms with van der Waals surface area (Å²) in [5, 5.41) is 17.6. The number of ether oxygens (including phenoxy) is 2. The second kappa shape index (κ2) is 13.5. The number of fused-ring (bicyclic) bond motifs is 3. The fourth-order valence-corrected chi connectivity index (χ4v) is 7.41. The van der Waals surface area contributed by atoms with E-state index in [2.05, 4.69) is 25.6 Å². The van der Waals surface area contributed by atoms with Gasteiger partial charge in [-0.15, -0.1) is 11.3 Å². The molecule has 2 saturated carbocycles. The minimum atomic E-state index is -1.43. The number of aromatic nitrogens is 3. The van der Waals surface area contributed by atoms with Crippen molar-refractivity contribution in [1.82, 2.24) is 30.5 Å². The van der Waals surface area contributed by atoms with E-state index in [1.54, 1.807) is 18.3 Å². The number of carboxylic acid groups (broad SMARTS) is 1. The van der Waals surface area contributed by atoms with E-state index >= 15 is 0 Å². The van der Waals surface area contributed by atoms with E-state index in [0.29, 0.717) is 40.5 Å². The van der Waals surface area contributed by atoms with Gasteiger partial charge in [-0.2, -0.15) is 4.98 Å². The van der Waals surface area contributed by atoms with Crippen molar-refractivity contribution in [3.8, 4) is 17.4 Å². The topological polar surface area (TPSA) is 173 Å². The van der Waals surface area contributed by atoms with E-state index in [-0.39, 0.29) is 31.4 Å². The summed E-state index contributed by atoms with van der Waals surface area (Å²) in [6.45, 7) is 0.0337. The van der Waals surface area contributed by atoms with Crippen molar-refractivity contribution in [3.63, 3.8) is 0 Å².